The highest BCUT2D eigenvalue weighted by atomic mass is 19.1. The van der Waals surface area contributed by atoms with Crippen LogP contribution in [0.5, 0.6) is 0 Å². The predicted molar refractivity (Wildman–Crippen MR) is 79.5 cm³/mol. The topological polar surface area (TPSA) is 55.1 Å². The van der Waals surface area contributed by atoms with Gasteiger partial charge < -0.3 is 9.73 Å². The number of aromatic nitrogens is 1. The number of carbonyl (C=O) groups is 1. The fourth-order valence-electron chi connectivity index (χ4n) is 2.00. The van der Waals surface area contributed by atoms with E-state index in [1.807, 2.05) is 18.2 Å². The maximum atomic E-state index is 12.8. The lowest BCUT2D eigenvalue weighted by Gasteiger charge is -2.06. The third kappa shape index (κ3) is 3.20. The molecule has 4 nitrogen and oxygen atoms in total. The molecule has 0 aliphatic carbocycles. The van der Waals surface area contributed by atoms with Crippen LogP contribution < -0.4 is 5.32 Å². The molecule has 0 atom stereocenters. The fourth-order valence-corrected chi connectivity index (χ4v) is 2.00. The average Bonchev–Trinajstić information content (AvgIpc) is 3.08. The van der Waals surface area contributed by atoms with Crippen molar-refractivity contribution in [2.45, 2.75) is 6.54 Å². The van der Waals surface area contributed by atoms with Gasteiger partial charge in [-0.25, -0.2) is 4.39 Å². The van der Waals surface area contributed by atoms with Crippen molar-refractivity contribution in [3.8, 4) is 11.3 Å². The second-order valence-corrected chi connectivity index (χ2v) is 4.75. The van der Waals surface area contributed by atoms with Crippen molar-refractivity contribution in [2.75, 3.05) is 0 Å². The summed E-state index contributed by atoms with van der Waals surface area (Å²) >= 11 is 0. The van der Waals surface area contributed by atoms with Gasteiger partial charge >= 0.3 is 0 Å². The van der Waals surface area contributed by atoms with Gasteiger partial charge in [0.25, 0.3) is 5.91 Å². The summed E-state index contributed by atoms with van der Waals surface area (Å²) < 4.78 is 17.8. The molecule has 0 aliphatic rings. The molecule has 2 aromatic heterocycles. The minimum absolute atomic E-state index is 0.251. The zero-order valence-electron chi connectivity index (χ0n) is 11.6. The van der Waals surface area contributed by atoms with Gasteiger partial charge in [-0.3, -0.25) is 9.78 Å². The molecule has 5 heteroatoms. The van der Waals surface area contributed by atoms with E-state index in [4.69, 9.17) is 4.42 Å². The number of furan rings is 1. The lowest BCUT2D eigenvalue weighted by molar-refractivity contribution is 0.0951. The highest BCUT2D eigenvalue weighted by Gasteiger charge is 2.06. The first-order valence-electron chi connectivity index (χ1n) is 6.73. The fraction of sp³-hybridized carbons (Fsp3) is 0.0588. The molecule has 3 aromatic rings. The van der Waals surface area contributed by atoms with Gasteiger partial charge in [0.2, 0.25) is 0 Å². The van der Waals surface area contributed by atoms with Crippen LogP contribution in [-0.4, -0.2) is 10.9 Å². The number of hydrogen-bond donors (Lipinski definition) is 1. The van der Waals surface area contributed by atoms with Gasteiger partial charge in [-0.05, 0) is 42.0 Å². The molecular formula is C17H13FN2O2. The second kappa shape index (κ2) is 6.22. The Balaban J connectivity index is 1.61. The first-order chi connectivity index (χ1) is 10.7. The van der Waals surface area contributed by atoms with Crippen LogP contribution in [0.15, 0.2) is 65.6 Å². The monoisotopic (exact) mass is 296 g/mol. The molecular weight excluding hydrogens is 283 g/mol. The molecule has 110 valence electrons. The molecule has 1 N–H and O–H groups in total. The normalized spacial score (nSPS) is 10.4. The first-order valence-corrected chi connectivity index (χ1v) is 6.73. The molecule has 1 aromatic carbocycles. The van der Waals surface area contributed by atoms with E-state index >= 15 is 0 Å². The molecule has 22 heavy (non-hydrogen) atoms. The lowest BCUT2D eigenvalue weighted by Crippen LogP contribution is -2.22. The van der Waals surface area contributed by atoms with Gasteiger partial charge in [0.1, 0.15) is 5.82 Å². The molecule has 0 saturated heterocycles. The number of nitrogens with one attached hydrogen (secondary N) is 1. The van der Waals surface area contributed by atoms with E-state index in [2.05, 4.69) is 10.3 Å². The minimum atomic E-state index is -0.365. The number of amides is 1. The SMILES string of the molecule is O=C(NCc1ccc(-c2ccoc2)nc1)c1ccc(F)cc1. The van der Waals surface area contributed by atoms with Crippen molar-refractivity contribution < 1.29 is 13.6 Å². The van der Waals surface area contributed by atoms with Crippen molar-refractivity contribution in [1.82, 2.24) is 10.3 Å². The molecule has 3 rings (SSSR count). The third-order valence-electron chi connectivity index (χ3n) is 3.20. The van der Waals surface area contributed by atoms with Crippen LogP contribution in [0.1, 0.15) is 15.9 Å². The Labute approximate surface area is 126 Å². The van der Waals surface area contributed by atoms with Gasteiger partial charge in [0.15, 0.2) is 0 Å². The lowest BCUT2D eigenvalue weighted by atomic mass is 10.2. The van der Waals surface area contributed by atoms with E-state index in [9.17, 15) is 9.18 Å². The highest BCUT2D eigenvalue weighted by molar-refractivity contribution is 5.94. The summed E-state index contributed by atoms with van der Waals surface area (Å²) in [5.41, 5.74) is 3.01. The van der Waals surface area contributed by atoms with Gasteiger partial charge in [-0.1, -0.05) is 6.07 Å². The van der Waals surface area contributed by atoms with Crippen molar-refractivity contribution in [3.05, 3.63) is 78.1 Å². The van der Waals surface area contributed by atoms with Crippen molar-refractivity contribution in [2.24, 2.45) is 0 Å². The molecule has 0 radical (unpaired) electrons. The summed E-state index contributed by atoms with van der Waals surface area (Å²) in [7, 11) is 0. The van der Waals surface area contributed by atoms with Crippen molar-refractivity contribution in [1.29, 1.82) is 0 Å². The van der Waals surface area contributed by atoms with Crippen LogP contribution in [0, 0.1) is 5.82 Å². The molecule has 0 aliphatic heterocycles. The van der Waals surface area contributed by atoms with Crippen LogP contribution in [-0.2, 0) is 6.54 Å². The molecule has 2 heterocycles. The van der Waals surface area contributed by atoms with E-state index in [-0.39, 0.29) is 11.7 Å². The van der Waals surface area contributed by atoms with Crippen LogP contribution in [0.2, 0.25) is 0 Å². The van der Waals surface area contributed by atoms with Crippen molar-refractivity contribution >= 4 is 5.91 Å². The van der Waals surface area contributed by atoms with E-state index in [0.717, 1.165) is 16.8 Å². The number of rotatable bonds is 4. The molecule has 0 fully saturated rings. The average molecular weight is 296 g/mol. The summed E-state index contributed by atoms with van der Waals surface area (Å²) in [6.07, 6.45) is 4.92. The van der Waals surface area contributed by atoms with E-state index < -0.39 is 0 Å². The Hall–Kier alpha value is -2.95. The number of carbonyl (C=O) groups excluding carboxylic acids is 1. The molecule has 0 unspecified atom stereocenters. The molecule has 0 saturated carbocycles. The van der Waals surface area contributed by atoms with Crippen LogP contribution in [0.4, 0.5) is 4.39 Å². The Morgan fingerprint density at radius 3 is 2.59 bits per heavy atom. The maximum absolute atomic E-state index is 12.8. The van der Waals surface area contributed by atoms with E-state index in [1.54, 1.807) is 18.7 Å². The Kier molecular flexibility index (Phi) is 3.96. The van der Waals surface area contributed by atoms with Crippen LogP contribution in [0.3, 0.4) is 0 Å². The maximum Gasteiger partial charge on any atom is 0.251 e. The summed E-state index contributed by atoms with van der Waals surface area (Å²) in [5.74, 6) is -0.616. The second-order valence-electron chi connectivity index (χ2n) is 4.75. The summed E-state index contributed by atoms with van der Waals surface area (Å²) in [6, 6.07) is 11.0. The van der Waals surface area contributed by atoms with Crippen LogP contribution >= 0.6 is 0 Å². The third-order valence-corrected chi connectivity index (χ3v) is 3.20. The van der Waals surface area contributed by atoms with Crippen molar-refractivity contribution in [3.63, 3.8) is 0 Å². The Morgan fingerprint density at radius 1 is 1.14 bits per heavy atom. The predicted octanol–water partition coefficient (Wildman–Crippen LogP) is 3.41. The summed E-state index contributed by atoms with van der Waals surface area (Å²) in [5, 5.41) is 2.77. The quantitative estimate of drug-likeness (QED) is 0.802. The standard InChI is InChI=1S/C17H13FN2O2/c18-15-4-2-13(3-5-15)17(21)20-10-12-1-6-16(19-9-12)14-7-8-22-11-14/h1-9,11H,10H2,(H,20,21). The van der Waals surface area contributed by atoms with E-state index in [1.165, 1.54) is 24.3 Å². The summed E-state index contributed by atoms with van der Waals surface area (Å²) in [6.45, 7) is 0.356. The first kappa shape index (κ1) is 14.0. The zero-order valence-corrected chi connectivity index (χ0v) is 11.6. The number of nitrogens with zero attached hydrogens (tertiary/aromatic N) is 1. The zero-order chi connectivity index (χ0) is 15.4. The van der Waals surface area contributed by atoms with Gasteiger partial charge in [0, 0.05) is 23.9 Å². The molecule has 0 spiro atoms. The van der Waals surface area contributed by atoms with E-state index in [0.29, 0.717) is 12.1 Å². The minimum Gasteiger partial charge on any atom is -0.472 e. The largest absolute Gasteiger partial charge is 0.472 e. The number of halogens is 1. The van der Waals surface area contributed by atoms with Gasteiger partial charge in [-0.15, -0.1) is 0 Å². The number of benzene rings is 1. The van der Waals surface area contributed by atoms with Gasteiger partial charge in [-0.2, -0.15) is 0 Å². The number of pyridine rings is 1. The number of hydrogen-bond acceptors (Lipinski definition) is 3. The highest BCUT2D eigenvalue weighted by Crippen LogP contribution is 2.17. The molecule has 0 bridgehead atoms. The van der Waals surface area contributed by atoms with Crippen LogP contribution in [0.25, 0.3) is 11.3 Å². The Bertz CT molecular complexity index is 750. The summed E-state index contributed by atoms with van der Waals surface area (Å²) in [4.78, 5) is 16.2. The van der Waals surface area contributed by atoms with Gasteiger partial charge in [0.05, 0.1) is 18.2 Å². The smallest absolute Gasteiger partial charge is 0.251 e. The molecule has 1 amide bonds. The Morgan fingerprint density at radius 2 is 1.95 bits per heavy atom.